The average molecular weight is 513 g/mol. The van der Waals surface area contributed by atoms with Crippen LogP contribution >= 0.6 is 0 Å². The van der Waals surface area contributed by atoms with Crippen molar-refractivity contribution in [3.05, 3.63) is 109 Å². The molecule has 3 heterocycles. The maximum absolute atomic E-state index is 3.59. The van der Waals surface area contributed by atoms with E-state index in [1.807, 2.05) is 0 Å². The lowest BCUT2D eigenvalue weighted by Crippen LogP contribution is -2.53. The Morgan fingerprint density at radius 2 is 1.50 bits per heavy atom. The lowest BCUT2D eigenvalue weighted by Gasteiger charge is -2.27. The van der Waals surface area contributed by atoms with Crippen molar-refractivity contribution in [2.24, 2.45) is 0 Å². The van der Waals surface area contributed by atoms with Crippen molar-refractivity contribution in [2.45, 2.75) is 13.1 Å². The summed E-state index contributed by atoms with van der Waals surface area (Å²) < 4.78 is 2.40. The van der Waals surface area contributed by atoms with E-state index in [0.29, 0.717) is 0 Å². The standard InChI is InChI=1S/C33H32N4Si/c1-35-23-36(31-16-7-6-15-30(31)35)24-11-10-12-25(21-24)38(2,3)26-18-19-28-27-13-4-5-14-29(27)37(32(28)22-26)33-17-8-9-20-34-33/h4-19,21-22,34H,20,23H2,1-3H3. The summed E-state index contributed by atoms with van der Waals surface area (Å²) in [5, 5.41) is 9.07. The molecule has 1 N–H and O–H groups in total. The van der Waals surface area contributed by atoms with Crippen LogP contribution in [-0.2, 0) is 0 Å². The third-order valence-corrected chi connectivity index (χ3v) is 11.8. The summed E-state index contributed by atoms with van der Waals surface area (Å²) in [6.45, 7) is 6.67. The van der Waals surface area contributed by atoms with Gasteiger partial charge in [0.05, 0.1) is 29.1 Å². The van der Waals surface area contributed by atoms with Gasteiger partial charge in [-0.2, -0.15) is 0 Å². The lowest BCUT2D eigenvalue weighted by molar-refractivity contribution is 0.922. The second-order valence-electron chi connectivity index (χ2n) is 10.9. The Hall–Kier alpha value is -4.22. The molecule has 5 aromatic rings. The van der Waals surface area contributed by atoms with Crippen LogP contribution in [-0.4, -0.2) is 32.9 Å². The fraction of sp³-hybridized carbons (Fsp3) is 0.152. The van der Waals surface area contributed by atoms with E-state index in [-0.39, 0.29) is 0 Å². The van der Waals surface area contributed by atoms with Gasteiger partial charge in [0.25, 0.3) is 0 Å². The Kier molecular flexibility index (Phi) is 5.23. The molecule has 0 aliphatic carbocycles. The van der Waals surface area contributed by atoms with E-state index in [2.05, 4.69) is 149 Å². The molecule has 0 saturated carbocycles. The van der Waals surface area contributed by atoms with E-state index in [4.69, 9.17) is 0 Å². The van der Waals surface area contributed by atoms with Gasteiger partial charge in [0.1, 0.15) is 13.9 Å². The summed E-state index contributed by atoms with van der Waals surface area (Å²) in [7, 11) is 0.176. The summed E-state index contributed by atoms with van der Waals surface area (Å²) in [5.41, 5.74) is 6.34. The summed E-state index contributed by atoms with van der Waals surface area (Å²) in [5.74, 6) is 1.13. The van der Waals surface area contributed by atoms with Crippen LogP contribution < -0.4 is 25.5 Å². The van der Waals surface area contributed by atoms with E-state index in [1.54, 1.807) is 0 Å². The molecule has 0 amide bonds. The third-order valence-electron chi connectivity index (χ3n) is 8.24. The Morgan fingerprint density at radius 1 is 0.737 bits per heavy atom. The van der Waals surface area contributed by atoms with Crippen LogP contribution in [0, 0.1) is 0 Å². The van der Waals surface area contributed by atoms with Gasteiger partial charge in [-0.1, -0.05) is 90.2 Å². The predicted octanol–water partition coefficient (Wildman–Crippen LogP) is 6.12. The van der Waals surface area contributed by atoms with Crippen molar-refractivity contribution in [1.82, 2.24) is 9.88 Å². The van der Waals surface area contributed by atoms with Crippen LogP contribution in [0.25, 0.3) is 27.6 Å². The normalized spacial score (nSPS) is 15.2. The van der Waals surface area contributed by atoms with Gasteiger partial charge in [0.2, 0.25) is 0 Å². The first-order chi connectivity index (χ1) is 18.5. The van der Waals surface area contributed by atoms with Crippen molar-refractivity contribution in [1.29, 1.82) is 0 Å². The molecule has 2 aliphatic rings. The number of dihydropyridines is 1. The van der Waals surface area contributed by atoms with E-state index in [1.165, 1.54) is 49.2 Å². The van der Waals surface area contributed by atoms with Gasteiger partial charge in [-0.3, -0.25) is 4.57 Å². The number of para-hydroxylation sites is 3. The number of benzene rings is 4. The number of allylic oxidation sites excluding steroid dienone is 2. The number of nitrogens with one attached hydrogen (secondary N) is 1. The molecule has 0 saturated heterocycles. The summed E-state index contributed by atoms with van der Waals surface area (Å²) in [4.78, 5) is 4.75. The number of anilines is 3. The molecule has 5 heteroatoms. The van der Waals surface area contributed by atoms with Crippen LogP contribution in [0.2, 0.25) is 13.1 Å². The van der Waals surface area contributed by atoms with E-state index < -0.39 is 8.07 Å². The second-order valence-corrected chi connectivity index (χ2v) is 15.3. The first kappa shape index (κ1) is 22.9. The molecule has 38 heavy (non-hydrogen) atoms. The second kappa shape index (κ2) is 8.67. The number of fused-ring (bicyclic) bond motifs is 4. The first-order valence-electron chi connectivity index (χ1n) is 13.4. The highest BCUT2D eigenvalue weighted by Gasteiger charge is 2.30. The zero-order chi connectivity index (χ0) is 25.9. The first-order valence-corrected chi connectivity index (χ1v) is 16.4. The van der Waals surface area contributed by atoms with Gasteiger partial charge in [0.15, 0.2) is 0 Å². The number of nitrogens with zero attached hydrogens (tertiary/aromatic N) is 3. The lowest BCUT2D eigenvalue weighted by atomic mass is 10.1. The van der Waals surface area contributed by atoms with Crippen LogP contribution in [0.5, 0.6) is 0 Å². The summed E-state index contributed by atoms with van der Waals surface area (Å²) in [6, 6.07) is 33.8. The maximum Gasteiger partial charge on any atom is 0.112 e. The summed E-state index contributed by atoms with van der Waals surface area (Å²) >= 11 is 0. The van der Waals surface area contributed by atoms with Crippen molar-refractivity contribution in [3.63, 3.8) is 0 Å². The fourth-order valence-electron chi connectivity index (χ4n) is 6.05. The molecular weight excluding hydrogens is 480 g/mol. The molecule has 0 bridgehead atoms. The minimum absolute atomic E-state index is 0.849. The van der Waals surface area contributed by atoms with Crippen LogP contribution in [0.1, 0.15) is 0 Å². The monoisotopic (exact) mass is 512 g/mol. The molecule has 2 aliphatic heterocycles. The van der Waals surface area contributed by atoms with Gasteiger partial charge >= 0.3 is 0 Å². The van der Waals surface area contributed by atoms with Crippen molar-refractivity contribution < 1.29 is 0 Å². The third kappa shape index (κ3) is 3.50. The molecule has 7 rings (SSSR count). The Morgan fingerprint density at radius 3 is 2.34 bits per heavy atom. The zero-order valence-electron chi connectivity index (χ0n) is 22.1. The molecular formula is C33H32N4Si. The predicted molar refractivity (Wildman–Crippen MR) is 166 cm³/mol. The number of hydrogen-bond donors (Lipinski definition) is 1. The Labute approximate surface area is 225 Å². The quantitative estimate of drug-likeness (QED) is 0.294. The molecule has 0 unspecified atom stereocenters. The zero-order valence-corrected chi connectivity index (χ0v) is 23.1. The number of aromatic nitrogens is 1. The van der Waals surface area contributed by atoms with Crippen LogP contribution in [0.4, 0.5) is 17.1 Å². The smallest absolute Gasteiger partial charge is 0.112 e. The minimum atomic E-state index is -1.99. The number of rotatable bonds is 4. The Bertz CT molecular complexity index is 1760. The van der Waals surface area contributed by atoms with Crippen LogP contribution in [0.15, 0.2) is 109 Å². The molecule has 0 atom stereocenters. The highest BCUT2D eigenvalue weighted by molar-refractivity contribution is 7.00. The summed E-state index contributed by atoms with van der Waals surface area (Å²) in [6.07, 6.45) is 6.48. The highest BCUT2D eigenvalue weighted by Crippen LogP contribution is 2.39. The van der Waals surface area contributed by atoms with Crippen molar-refractivity contribution in [2.75, 3.05) is 30.1 Å². The Balaban J connectivity index is 1.34. The molecule has 0 fully saturated rings. The molecule has 0 radical (unpaired) electrons. The van der Waals surface area contributed by atoms with Crippen molar-refractivity contribution in [3.8, 4) is 0 Å². The fourth-order valence-corrected chi connectivity index (χ4v) is 8.40. The maximum atomic E-state index is 3.59. The molecule has 0 spiro atoms. The topological polar surface area (TPSA) is 23.4 Å². The molecule has 4 aromatic carbocycles. The van der Waals surface area contributed by atoms with E-state index >= 15 is 0 Å². The molecule has 4 nitrogen and oxygen atoms in total. The van der Waals surface area contributed by atoms with Crippen LogP contribution in [0.3, 0.4) is 0 Å². The molecule has 188 valence electrons. The highest BCUT2D eigenvalue weighted by atomic mass is 28.3. The van der Waals surface area contributed by atoms with E-state index in [9.17, 15) is 0 Å². The van der Waals surface area contributed by atoms with Crippen molar-refractivity contribution >= 4 is 63.1 Å². The SMILES string of the molecule is CN1CN(c2cccc([Si](C)(C)c3ccc4c5ccccc5n(C5=CC=CCN5)c4c3)c2)c2ccccc21. The van der Waals surface area contributed by atoms with Gasteiger partial charge < -0.3 is 15.1 Å². The number of hydrogen-bond acceptors (Lipinski definition) is 3. The van der Waals surface area contributed by atoms with Gasteiger partial charge in [-0.25, -0.2) is 0 Å². The van der Waals surface area contributed by atoms with Gasteiger partial charge in [-0.15, -0.1) is 0 Å². The van der Waals surface area contributed by atoms with E-state index in [0.717, 1.165) is 19.0 Å². The molecule has 1 aromatic heterocycles. The van der Waals surface area contributed by atoms with Gasteiger partial charge in [0, 0.05) is 30.1 Å². The van der Waals surface area contributed by atoms with Gasteiger partial charge in [-0.05, 0) is 42.5 Å². The average Bonchev–Trinajstić information content (AvgIpc) is 3.48. The minimum Gasteiger partial charge on any atom is -0.368 e. The largest absolute Gasteiger partial charge is 0.368 e.